The molecule has 1 aliphatic carbocycles. The van der Waals surface area contributed by atoms with E-state index in [1.54, 1.807) is 0 Å². The molecule has 1 aromatic carbocycles. The lowest BCUT2D eigenvalue weighted by Gasteiger charge is -2.46. The third kappa shape index (κ3) is 3.66. The zero-order valence-corrected chi connectivity index (χ0v) is 15.5. The number of benzene rings is 1. The van der Waals surface area contributed by atoms with Gasteiger partial charge in [0.1, 0.15) is 5.66 Å². The van der Waals surface area contributed by atoms with Crippen molar-refractivity contribution in [1.29, 1.82) is 0 Å². The molecule has 7 heteroatoms. The lowest BCUT2D eigenvalue weighted by molar-refractivity contribution is -0.116. The van der Waals surface area contributed by atoms with E-state index in [4.69, 9.17) is 16.5 Å². The van der Waals surface area contributed by atoms with Crippen molar-refractivity contribution >= 4 is 29.2 Å². The maximum absolute atomic E-state index is 12.3. The van der Waals surface area contributed by atoms with Gasteiger partial charge >= 0.3 is 0 Å². The zero-order valence-electron chi connectivity index (χ0n) is 15.5. The maximum Gasteiger partial charge on any atom is 0.224 e. The summed E-state index contributed by atoms with van der Waals surface area (Å²) < 4.78 is 0. The van der Waals surface area contributed by atoms with Crippen LogP contribution >= 0.6 is 0 Å². The number of hydrogen-bond acceptors (Lipinski definition) is 6. The summed E-state index contributed by atoms with van der Waals surface area (Å²) >= 11 is 0. The lowest BCUT2D eigenvalue weighted by Crippen LogP contribution is -2.58. The highest BCUT2D eigenvalue weighted by atomic mass is 16.1. The molecular formula is C19H28N6O. The van der Waals surface area contributed by atoms with Gasteiger partial charge in [-0.3, -0.25) is 9.69 Å². The van der Waals surface area contributed by atoms with Crippen LogP contribution in [0.4, 0.5) is 11.4 Å². The molecule has 1 saturated carbocycles. The number of carbonyl (C=O) groups is 1. The molecule has 7 nitrogen and oxygen atoms in total. The average molecular weight is 356 g/mol. The maximum atomic E-state index is 12.3. The third-order valence-electron chi connectivity index (χ3n) is 4.86. The smallest absolute Gasteiger partial charge is 0.224 e. The molecular weight excluding hydrogens is 328 g/mol. The Bertz CT molecular complexity index is 733. The Balaban J connectivity index is 1.99. The number of rotatable bonds is 4. The first-order valence-corrected chi connectivity index (χ1v) is 9.30. The lowest BCUT2D eigenvalue weighted by atomic mass is 9.87. The summed E-state index contributed by atoms with van der Waals surface area (Å²) in [4.78, 5) is 23.2. The summed E-state index contributed by atoms with van der Waals surface area (Å²) in [7, 11) is 0. The molecule has 1 amide bonds. The largest absolute Gasteiger partial charge is 0.369 e. The first-order valence-electron chi connectivity index (χ1n) is 9.30. The van der Waals surface area contributed by atoms with E-state index in [9.17, 15) is 4.79 Å². The number of nitrogens with one attached hydrogen (secondary N) is 1. The number of anilines is 2. The van der Waals surface area contributed by atoms with Crippen molar-refractivity contribution in [1.82, 2.24) is 0 Å². The van der Waals surface area contributed by atoms with Gasteiger partial charge in [-0.25, -0.2) is 4.99 Å². The summed E-state index contributed by atoms with van der Waals surface area (Å²) in [5, 5.41) is 3.02. The van der Waals surface area contributed by atoms with E-state index < -0.39 is 5.66 Å². The van der Waals surface area contributed by atoms with E-state index >= 15 is 0 Å². The SMILES string of the molecule is CC(C)CC(=O)Nc1ccccc1N1C(N)=NC(N)=NC12CCCCC2. The molecule has 0 unspecified atom stereocenters. The Kier molecular flexibility index (Phi) is 5.15. The van der Waals surface area contributed by atoms with Gasteiger partial charge in [0, 0.05) is 6.42 Å². The van der Waals surface area contributed by atoms with E-state index in [-0.39, 0.29) is 17.8 Å². The predicted molar refractivity (Wildman–Crippen MR) is 106 cm³/mol. The van der Waals surface area contributed by atoms with Crippen LogP contribution in [0.1, 0.15) is 52.4 Å². The number of para-hydroxylation sites is 2. The van der Waals surface area contributed by atoms with Gasteiger partial charge in [0.2, 0.25) is 17.8 Å². The molecule has 0 bridgehead atoms. The number of carbonyl (C=O) groups excluding carboxylic acids is 1. The second-order valence-electron chi connectivity index (χ2n) is 7.48. The number of nitrogens with two attached hydrogens (primary N) is 2. The van der Waals surface area contributed by atoms with Gasteiger partial charge in [0.15, 0.2) is 0 Å². The monoisotopic (exact) mass is 356 g/mol. The van der Waals surface area contributed by atoms with Crippen LogP contribution in [-0.2, 0) is 4.79 Å². The summed E-state index contributed by atoms with van der Waals surface area (Å²) in [6.07, 6.45) is 5.48. The van der Waals surface area contributed by atoms with Gasteiger partial charge in [-0.1, -0.05) is 32.4 Å². The molecule has 1 aromatic rings. The Hall–Kier alpha value is -2.57. The molecule has 26 heavy (non-hydrogen) atoms. The molecule has 0 saturated heterocycles. The number of guanidine groups is 2. The molecule has 0 radical (unpaired) electrons. The van der Waals surface area contributed by atoms with Crippen molar-refractivity contribution in [3.05, 3.63) is 24.3 Å². The highest BCUT2D eigenvalue weighted by Crippen LogP contribution is 2.41. The van der Waals surface area contributed by atoms with E-state index in [0.717, 1.165) is 37.1 Å². The van der Waals surface area contributed by atoms with Crippen LogP contribution in [-0.4, -0.2) is 23.5 Å². The van der Waals surface area contributed by atoms with Gasteiger partial charge < -0.3 is 16.8 Å². The van der Waals surface area contributed by atoms with Crippen molar-refractivity contribution in [3.8, 4) is 0 Å². The minimum atomic E-state index is -0.521. The number of aliphatic imine (C=N–C) groups is 2. The van der Waals surface area contributed by atoms with Gasteiger partial charge in [0.05, 0.1) is 11.4 Å². The number of nitrogens with zero attached hydrogens (tertiary/aromatic N) is 3. The van der Waals surface area contributed by atoms with Crippen LogP contribution in [0.3, 0.4) is 0 Å². The molecule has 1 spiro atoms. The zero-order chi connectivity index (χ0) is 18.7. The normalized spacial score (nSPS) is 19.3. The van der Waals surface area contributed by atoms with Gasteiger partial charge in [-0.15, -0.1) is 0 Å². The van der Waals surface area contributed by atoms with Crippen LogP contribution in [0.25, 0.3) is 0 Å². The van der Waals surface area contributed by atoms with Gasteiger partial charge in [-0.2, -0.15) is 4.99 Å². The van der Waals surface area contributed by atoms with Gasteiger partial charge in [-0.05, 0) is 43.7 Å². The van der Waals surface area contributed by atoms with Crippen LogP contribution in [0.15, 0.2) is 34.3 Å². The minimum Gasteiger partial charge on any atom is -0.369 e. The summed E-state index contributed by atoms with van der Waals surface area (Å²) in [6.45, 7) is 4.05. The van der Waals surface area contributed by atoms with Crippen molar-refractivity contribution in [3.63, 3.8) is 0 Å². The Morgan fingerprint density at radius 1 is 1.23 bits per heavy atom. The summed E-state index contributed by atoms with van der Waals surface area (Å²) in [6, 6.07) is 7.66. The van der Waals surface area contributed by atoms with E-state index in [2.05, 4.69) is 10.3 Å². The molecule has 1 heterocycles. The second kappa shape index (κ2) is 7.35. The predicted octanol–water partition coefficient (Wildman–Crippen LogP) is 2.78. The highest BCUT2D eigenvalue weighted by molar-refractivity contribution is 6.08. The summed E-state index contributed by atoms with van der Waals surface area (Å²) in [5.41, 5.74) is 13.2. The molecule has 3 rings (SSSR count). The van der Waals surface area contributed by atoms with Crippen LogP contribution in [0.2, 0.25) is 0 Å². The van der Waals surface area contributed by atoms with Crippen molar-refractivity contribution in [2.75, 3.05) is 10.2 Å². The standard InChI is InChI=1S/C19H28N6O/c1-13(2)12-16(26)22-14-8-4-5-9-15(14)25-18(21)23-17(20)24-19(25)10-6-3-7-11-19/h4-5,8-9,13H,3,6-7,10-12H2,1-2H3,(H,22,26)(H4,20,21,23,24). The van der Waals surface area contributed by atoms with E-state index in [1.807, 2.05) is 43.0 Å². The van der Waals surface area contributed by atoms with Gasteiger partial charge in [0.25, 0.3) is 0 Å². The van der Waals surface area contributed by atoms with Crippen molar-refractivity contribution < 1.29 is 4.79 Å². The Labute approximate surface area is 154 Å². The number of hydrogen-bond donors (Lipinski definition) is 3. The molecule has 5 N–H and O–H groups in total. The topological polar surface area (TPSA) is 109 Å². The van der Waals surface area contributed by atoms with Crippen molar-refractivity contribution in [2.45, 2.75) is 58.0 Å². The van der Waals surface area contributed by atoms with Crippen LogP contribution in [0.5, 0.6) is 0 Å². The third-order valence-corrected chi connectivity index (χ3v) is 4.86. The van der Waals surface area contributed by atoms with Crippen molar-refractivity contribution in [2.24, 2.45) is 27.4 Å². The fraction of sp³-hybridized carbons (Fsp3) is 0.526. The first-order chi connectivity index (χ1) is 12.4. The molecule has 1 aliphatic heterocycles. The molecule has 2 aliphatic rings. The number of amides is 1. The molecule has 1 fully saturated rings. The fourth-order valence-corrected chi connectivity index (χ4v) is 3.82. The van der Waals surface area contributed by atoms with E-state index in [1.165, 1.54) is 6.42 Å². The summed E-state index contributed by atoms with van der Waals surface area (Å²) in [5.74, 6) is 0.825. The van der Waals surface area contributed by atoms with E-state index in [0.29, 0.717) is 12.4 Å². The second-order valence-corrected chi connectivity index (χ2v) is 7.48. The molecule has 0 aromatic heterocycles. The quantitative estimate of drug-likeness (QED) is 0.770. The Morgan fingerprint density at radius 3 is 2.62 bits per heavy atom. The molecule has 0 atom stereocenters. The van der Waals surface area contributed by atoms with Crippen LogP contribution < -0.4 is 21.7 Å². The molecule has 140 valence electrons. The average Bonchev–Trinajstić information content (AvgIpc) is 2.55. The first kappa shape index (κ1) is 18.2. The minimum absolute atomic E-state index is 0.0133. The highest BCUT2D eigenvalue weighted by Gasteiger charge is 2.43. The fourth-order valence-electron chi connectivity index (χ4n) is 3.82. The Morgan fingerprint density at radius 2 is 1.92 bits per heavy atom. The van der Waals surface area contributed by atoms with Crippen LogP contribution in [0, 0.1) is 5.92 Å².